The van der Waals surface area contributed by atoms with Gasteiger partial charge >= 0.3 is 0 Å². The van der Waals surface area contributed by atoms with Gasteiger partial charge in [0.1, 0.15) is 11.8 Å². The summed E-state index contributed by atoms with van der Waals surface area (Å²) in [6.07, 6.45) is 4.22. The number of aromatic nitrogens is 1. The van der Waals surface area contributed by atoms with E-state index in [0.717, 1.165) is 31.7 Å². The molecule has 108 valence electrons. The molecule has 1 aromatic heterocycles. The summed E-state index contributed by atoms with van der Waals surface area (Å²) in [6.45, 7) is 8.53. The molecule has 0 saturated carbocycles. The van der Waals surface area contributed by atoms with E-state index in [1.165, 1.54) is 12.8 Å². The molecule has 1 aliphatic rings. The van der Waals surface area contributed by atoms with Gasteiger partial charge in [0.05, 0.1) is 0 Å². The topological polar surface area (TPSA) is 52.0 Å². The first kappa shape index (κ1) is 15.0. The van der Waals surface area contributed by atoms with Crippen LogP contribution < -0.4 is 5.32 Å². The summed E-state index contributed by atoms with van der Waals surface area (Å²) in [7, 11) is 0. The van der Waals surface area contributed by atoms with Gasteiger partial charge in [0.2, 0.25) is 0 Å². The van der Waals surface area contributed by atoms with Gasteiger partial charge in [0.25, 0.3) is 0 Å². The normalized spacial score (nSPS) is 18.6. The van der Waals surface area contributed by atoms with Gasteiger partial charge in [-0.1, -0.05) is 19.9 Å². The van der Waals surface area contributed by atoms with Gasteiger partial charge in [-0.3, -0.25) is 4.90 Å². The number of nitrogens with one attached hydrogen (secondary N) is 1. The molecule has 0 aromatic carbocycles. The fourth-order valence-electron chi connectivity index (χ4n) is 2.85. The van der Waals surface area contributed by atoms with Gasteiger partial charge in [-0.25, -0.2) is 4.98 Å². The molecule has 1 aliphatic heterocycles. The number of nitriles is 1. The molecule has 20 heavy (non-hydrogen) atoms. The Hall–Kier alpha value is -1.44. The second-order valence-electron chi connectivity index (χ2n) is 6.00. The van der Waals surface area contributed by atoms with Crippen molar-refractivity contribution in [2.45, 2.75) is 39.3 Å². The molecule has 1 atom stereocenters. The fraction of sp³-hybridized carbons (Fsp3) is 0.625. The molecular weight excluding hydrogens is 248 g/mol. The summed E-state index contributed by atoms with van der Waals surface area (Å²) in [4.78, 5) is 6.61. The quantitative estimate of drug-likeness (QED) is 0.862. The summed E-state index contributed by atoms with van der Waals surface area (Å²) in [5, 5.41) is 12.7. The van der Waals surface area contributed by atoms with E-state index in [1.807, 2.05) is 12.1 Å². The number of hydrogen-bond donors (Lipinski definition) is 1. The number of hydrogen-bond acceptors (Lipinski definition) is 4. The van der Waals surface area contributed by atoms with E-state index in [1.54, 1.807) is 6.20 Å². The van der Waals surface area contributed by atoms with Crippen LogP contribution in [0.25, 0.3) is 0 Å². The van der Waals surface area contributed by atoms with Crippen LogP contribution in [0.5, 0.6) is 0 Å². The average molecular weight is 272 g/mol. The molecule has 0 amide bonds. The molecule has 1 aromatic rings. The maximum atomic E-state index is 9.15. The lowest BCUT2D eigenvalue weighted by molar-refractivity contribution is 0.216. The molecular formula is C16H24N4. The highest BCUT2D eigenvalue weighted by Crippen LogP contribution is 2.13. The number of rotatable bonds is 6. The zero-order valence-corrected chi connectivity index (χ0v) is 12.5. The highest BCUT2D eigenvalue weighted by Gasteiger charge is 2.19. The summed E-state index contributed by atoms with van der Waals surface area (Å²) in [6, 6.07) is 6.72. The van der Waals surface area contributed by atoms with Crippen molar-refractivity contribution in [3.63, 3.8) is 0 Å². The zero-order valence-electron chi connectivity index (χ0n) is 12.5. The van der Waals surface area contributed by atoms with Gasteiger partial charge < -0.3 is 5.32 Å². The Bertz CT molecular complexity index is 458. The minimum Gasteiger partial charge on any atom is -0.313 e. The Morgan fingerprint density at radius 2 is 2.40 bits per heavy atom. The van der Waals surface area contributed by atoms with E-state index in [0.29, 0.717) is 17.7 Å². The number of pyridine rings is 1. The standard InChI is InChI=1S/C16H24N4/c1-13(2)10-20(12-15-6-4-7-18-15)11-14-5-3-8-19-16(14)9-17/h3,5,8,13,15,18H,4,6-7,10-12H2,1-2H3. The molecule has 1 unspecified atom stereocenters. The molecule has 0 spiro atoms. The lowest BCUT2D eigenvalue weighted by Gasteiger charge is -2.27. The van der Waals surface area contributed by atoms with Crippen molar-refractivity contribution in [1.82, 2.24) is 15.2 Å². The SMILES string of the molecule is CC(C)CN(Cc1cccnc1C#N)CC1CCCN1. The van der Waals surface area contributed by atoms with Crippen LogP contribution in [-0.4, -0.2) is 35.6 Å². The smallest absolute Gasteiger partial charge is 0.144 e. The highest BCUT2D eigenvalue weighted by atomic mass is 15.2. The Balaban J connectivity index is 2.04. The highest BCUT2D eigenvalue weighted by molar-refractivity contribution is 5.30. The molecule has 1 saturated heterocycles. The van der Waals surface area contributed by atoms with E-state index < -0.39 is 0 Å². The minimum atomic E-state index is 0.556. The summed E-state index contributed by atoms with van der Waals surface area (Å²) >= 11 is 0. The third-order valence-electron chi connectivity index (χ3n) is 3.66. The van der Waals surface area contributed by atoms with Crippen molar-refractivity contribution < 1.29 is 0 Å². The Labute approximate surface area is 121 Å². The average Bonchev–Trinajstić information content (AvgIpc) is 2.91. The van der Waals surface area contributed by atoms with Crippen molar-refractivity contribution in [3.8, 4) is 6.07 Å². The van der Waals surface area contributed by atoms with Crippen molar-refractivity contribution in [2.24, 2.45) is 5.92 Å². The van der Waals surface area contributed by atoms with Crippen LogP contribution in [0.15, 0.2) is 18.3 Å². The van der Waals surface area contributed by atoms with E-state index >= 15 is 0 Å². The molecule has 0 bridgehead atoms. The van der Waals surface area contributed by atoms with Crippen LogP contribution in [0.1, 0.15) is 37.9 Å². The molecule has 1 fully saturated rings. The predicted molar refractivity (Wildman–Crippen MR) is 80.1 cm³/mol. The maximum absolute atomic E-state index is 9.15. The number of nitrogens with zero attached hydrogens (tertiary/aromatic N) is 3. The largest absolute Gasteiger partial charge is 0.313 e. The summed E-state index contributed by atoms with van der Waals surface area (Å²) in [5.74, 6) is 0.624. The Morgan fingerprint density at radius 1 is 1.55 bits per heavy atom. The van der Waals surface area contributed by atoms with E-state index in [2.05, 4.69) is 35.1 Å². The van der Waals surface area contributed by atoms with Gasteiger partial charge in [0.15, 0.2) is 0 Å². The van der Waals surface area contributed by atoms with Crippen LogP contribution in [0.3, 0.4) is 0 Å². The minimum absolute atomic E-state index is 0.556. The van der Waals surface area contributed by atoms with E-state index in [4.69, 9.17) is 5.26 Å². The molecule has 1 N–H and O–H groups in total. The zero-order chi connectivity index (χ0) is 14.4. The van der Waals surface area contributed by atoms with Crippen LogP contribution in [0.4, 0.5) is 0 Å². The maximum Gasteiger partial charge on any atom is 0.144 e. The van der Waals surface area contributed by atoms with Crippen molar-refractivity contribution >= 4 is 0 Å². The first-order chi connectivity index (χ1) is 9.69. The van der Waals surface area contributed by atoms with Gasteiger partial charge in [-0.05, 0) is 31.4 Å². The Morgan fingerprint density at radius 3 is 3.05 bits per heavy atom. The Kier molecular flexibility index (Phi) is 5.51. The lowest BCUT2D eigenvalue weighted by Crippen LogP contribution is -2.39. The van der Waals surface area contributed by atoms with E-state index in [9.17, 15) is 0 Å². The first-order valence-corrected chi connectivity index (χ1v) is 7.48. The first-order valence-electron chi connectivity index (χ1n) is 7.48. The van der Waals surface area contributed by atoms with Crippen LogP contribution in [0.2, 0.25) is 0 Å². The van der Waals surface area contributed by atoms with E-state index in [-0.39, 0.29) is 0 Å². The van der Waals surface area contributed by atoms with Crippen molar-refractivity contribution in [2.75, 3.05) is 19.6 Å². The third-order valence-corrected chi connectivity index (χ3v) is 3.66. The van der Waals surface area contributed by atoms with Gasteiger partial charge in [-0.2, -0.15) is 5.26 Å². The molecule has 0 aliphatic carbocycles. The summed E-state index contributed by atoms with van der Waals surface area (Å²) < 4.78 is 0. The monoisotopic (exact) mass is 272 g/mol. The molecule has 2 heterocycles. The van der Waals surface area contributed by atoms with Crippen LogP contribution in [0, 0.1) is 17.2 Å². The van der Waals surface area contributed by atoms with Gasteiger partial charge in [-0.15, -0.1) is 0 Å². The lowest BCUT2D eigenvalue weighted by atomic mass is 10.1. The predicted octanol–water partition coefficient (Wildman–Crippen LogP) is 2.16. The van der Waals surface area contributed by atoms with Gasteiger partial charge in [0, 0.05) is 37.4 Å². The second-order valence-corrected chi connectivity index (χ2v) is 6.00. The third kappa shape index (κ3) is 4.29. The summed E-state index contributed by atoms with van der Waals surface area (Å²) in [5.41, 5.74) is 1.59. The fourth-order valence-corrected chi connectivity index (χ4v) is 2.85. The molecule has 4 heteroatoms. The van der Waals surface area contributed by atoms with Crippen LogP contribution in [-0.2, 0) is 6.54 Å². The molecule has 4 nitrogen and oxygen atoms in total. The van der Waals surface area contributed by atoms with Crippen LogP contribution >= 0.6 is 0 Å². The van der Waals surface area contributed by atoms with Crippen molar-refractivity contribution in [3.05, 3.63) is 29.6 Å². The van der Waals surface area contributed by atoms with Crippen molar-refractivity contribution in [1.29, 1.82) is 5.26 Å². The molecule has 0 radical (unpaired) electrons. The second kappa shape index (κ2) is 7.37. The molecule has 2 rings (SSSR count).